The van der Waals surface area contributed by atoms with Gasteiger partial charge in [0.1, 0.15) is 0 Å². The normalized spacial score (nSPS) is 16.3. The van der Waals surface area contributed by atoms with Crippen molar-refractivity contribution in [2.24, 2.45) is 0 Å². The molecule has 0 unspecified atom stereocenters. The molecular formula is C14H22N4O. The molecule has 0 aliphatic carbocycles. The summed E-state index contributed by atoms with van der Waals surface area (Å²) < 4.78 is 2.05. The zero-order valence-electron chi connectivity index (χ0n) is 11.9. The molecule has 0 fully saturated rings. The SMILES string of the molecule is CC=C(C)CN1CCn2nc(CNC(C)=O)cc2C1. The van der Waals surface area contributed by atoms with Crippen LogP contribution in [0, 0.1) is 0 Å². The number of rotatable bonds is 4. The van der Waals surface area contributed by atoms with Gasteiger partial charge in [-0.15, -0.1) is 0 Å². The van der Waals surface area contributed by atoms with E-state index in [4.69, 9.17) is 0 Å². The van der Waals surface area contributed by atoms with E-state index in [1.54, 1.807) is 0 Å². The Labute approximate surface area is 114 Å². The summed E-state index contributed by atoms with van der Waals surface area (Å²) in [6.07, 6.45) is 2.16. The van der Waals surface area contributed by atoms with Crippen LogP contribution < -0.4 is 5.32 Å². The fourth-order valence-corrected chi connectivity index (χ4v) is 2.26. The third-order valence-electron chi connectivity index (χ3n) is 3.41. The van der Waals surface area contributed by atoms with Gasteiger partial charge in [0.2, 0.25) is 5.91 Å². The molecule has 2 heterocycles. The first-order valence-electron chi connectivity index (χ1n) is 6.72. The van der Waals surface area contributed by atoms with E-state index in [1.165, 1.54) is 18.2 Å². The molecule has 1 aromatic heterocycles. The summed E-state index contributed by atoms with van der Waals surface area (Å²) in [4.78, 5) is 13.3. The largest absolute Gasteiger partial charge is 0.351 e. The van der Waals surface area contributed by atoms with Crippen molar-refractivity contribution >= 4 is 5.91 Å². The predicted octanol–water partition coefficient (Wildman–Crippen LogP) is 1.30. The second-order valence-corrected chi connectivity index (χ2v) is 5.11. The fraction of sp³-hybridized carbons (Fsp3) is 0.571. The highest BCUT2D eigenvalue weighted by molar-refractivity contribution is 5.72. The smallest absolute Gasteiger partial charge is 0.217 e. The molecule has 0 aromatic carbocycles. The molecule has 19 heavy (non-hydrogen) atoms. The number of carbonyl (C=O) groups is 1. The van der Waals surface area contributed by atoms with Crippen molar-refractivity contribution in [3.8, 4) is 0 Å². The average Bonchev–Trinajstić information content (AvgIpc) is 2.78. The quantitative estimate of drug-likeness (QED) is 0.832. The van der Waals surface area contributed by atoms with Crippen LogP contribution >= 0.6 is 0 Å². The van der Waals surface area contributed by atoms with Crippen LogP contribution in [-0.4, -0.2) is 33.7 Å². The Kier molecular flexibility index (Phi) is 4.37. The van der Waals surface area contributed by atoms with Crippen LogP contribution in [0.1, 0.15) is 32.2 Å². The van der Waals surface area contributed by atoms with Crippen molar-refractivity contribution in [1.82, 2.24) is 20.0 Å². The second kappa shape index (κ2) is 6.02. The summed E-state index contributed by atoms with van der Waals surface area (Å²) in [5, 5.41) is 7.30. The Hall–Kier alpha value is -1.62. The monoisotopic (exact) mass is 262 g/mol. The highest BCUT2D eigenvalue weighted by Crippen LogP contribution is 2.14. The highest BCUT2D eigenvalue weighted by atomic mass is 16.1. The Balaban J connectivity index is 1.98. The maximum absolute atomic E-state index is 10.9. The molecule has 0 spiro atoms. The minimum absolute atomic E-state index is 0.0173. The molecule has 0 atom stereocenters. The van der Waals surface area contributed by atoms with Gasteiger partial charge in [-0.3, -0.25) is 14.4 Å². The van der Waals surface area contributed by atoms with Crippen molar-refractivity contribution in [1.29, 1.82) is 0 Å². The van der Waals surface area contributed by atoms with E-state index in [0.29, 0.717) is 6.54 Å². The van der Waals surface area contributed by atoms with Gasteiger partial charge in [-0.1, -0.05) is 11.6 Å². The van der Waals surface area contributed by atoms with Crippen LogP contribution in [0.4, 0.5) is 0 Å². The topological polar surface area (TPSA) is 50.2 Å². The molecule has 0 saturated heterocycles. The molecule has 1 aliphatic heterocycles. The number of nitrogens with one attached hydrogen (secondary N) is 1. The molecule has 5 heteroatoms. The maximum atomic E-state index is 10.9. The third-order valence-corrected chi connectivity index (χ3v) is 3.41. The van der Waals surface area contributed by atoms with E-state index in [2.05, 4.69) is 46.0 Å². The molecule has 1 aromatic rings. The first-order chi connectivity index (χ1) is 9.08. The summed E-state index contributed by atoms with van der Waals surface area (Å²) >= 11 is 0. The standard InChI is InChI=1S/C14H22N4O/c1-4-11(2)9-17-5-6-18-14(10-17)7-13(16-18)8-15-12(3)19/h4,7H,5-6,8-10H2,1-3H3,(H,15,19). The van der Waals surface area contributed by atoms with E-state index in [9.17, 15) is 4.79 Å². The molecule has 1 amide bonds. The van der Waals surface area contributed by atoms with Gasteiger partial charge < -0.3 is 5.32 Å². The minimum atomic E-state index is -0.0173. The van der Waals surface area contributed by atoms with Crippen LogP contribution in [0.25, 0.3) is 0 Å². The van der Waals surface area contributed by atoms with Crippen LogP contribution in [0.5, 0.6) is 0 Å². The lowest BCUT2D eigenvalue weighted by Gasteiger charge is -2.27. The van der Waals surface area contributed by atoms with E-state index in [1.807, 2.05) is 0 Å². The Bertz CT molecular complexity index is 490. The van der Waals surface area contributed by atoms with Gasteiger partial charge in [0.05, 0.1) is 24.5 Å². The molecule has 104 valence electrons. The molecule has 0 bridgehead atoms. The molecule has 1 aliphatic rings. The van der Waals surface area contributed by atoms with Gasteiger partial charge in [-0.05, 0) is 19.9 Å². The number of nitrogens with zero attached hydrogens (tertiary/aromatic N) is 3. The van der Waals surface area contributed by atoms with E-state index < -0.39 is 0 Å². The molecule has 0 radical (unpaired) electrons. The van der Waals surface area contributed by atoms with E-state index in [0.717, 1.165) is 31.9 Å². The summed E-state index contributed by atoms with van der Waals surface area (Å²) in [6.45, 7) is 10.2. The lowest BCUT2D eigenvalue weighted by molar-refractivity contribution is -0.119. The van der Waals surface area contributed by atoms with Gasteiger partial charge in [0.15, 0.2) is 0 Å². The van der Waals surface area contributed by atoms with Crippen LogP contribution in [0.15, 0.2) is 17.7 Å². The summed E-state index contributed by atoms with van der Waals surface area (Å²) in [7, 11) is 0. The molecule has 0 saturated carbocycles. The van der Waals surface area contributed by atoms with Crippen LogP contribution in [0.2, 0.25) is 0 Å². The van der Waals surface area contributed by atoms with Crippen molar-refractivity contribution < 1.29 is 4.79 Å². The first-order valence-corrected chi connectivity index (χ1v) is 6.72. The Morgan fingerprint density at radius 2 is 2.26 bits per heavy atom. The Morgan fingerprint density at radius 1 is 1.47 bits per heavy atom. The van der Waals surface area contributed by atoms with Crippen molar-refractivity contribution in [2.75, 3.05) is 13.1 Å². The van der Waals surface area contributed by atoms with E-state index in [-0.39, 0.29) is 5.91 Å². The van der Waals surface area contributed by atoms with E-state index >= 15 is 0 Å². The van der Waals surface area contributed by atoms with Crippen molar-refractivity contribution in [3.63, 3.8) is 0 Å². The average molecular weight is 262 g/mol. The summed E-state index contributed by atoms with van der Waals surface area (Å²) in [5.41, 5.74) is 3.57. The fourth-order valence-electron chi connectivity index (χ4n) is 2.26. The Morgan fingerprint density at radius 3 is 2.95 bits per heavy atom. The molecule has 2 rings (SSSR count). The maximum Gasteiger partial charge on any atom is 0.217 e. The molecule has 1 N–H and O–H groups in total. The zero-order chi connectivity index (χ0) is 13.8. The predicted molar refractivity (Wildman–Crippen MR) is 74.5 cm³/mol. The van der Waals surface area contributed by atoms with Crippen LogP contribution in [-0.2, 0) is 24.4 Å². The third kappa shape index (κ3) is 3.67. The van der Waals surface area contributed by atoms with Gasteiger partial charge in [-0.25, -0.2) is 0 Å². The van der Waals surface area contributed by atoms with Gasteiger partial charge in [-0.2, -0.15) is 5.10 Å². The number of amides is 1. The number of aromatic nitrogens is 2. The number of hydrogen-bond donors (Lipinski definition) is 1. The highest BCUT2D eigenvalue weighted by Gasteiger charge is 2.18. The zero-order valence-corrected chi connectivity index (χ0v) is 11.9. The number of carbonyl (C=O) groups excluding carboxylic acids is 1. The second-order valence-electron chi connectivity index (χ2n) is 5.11. The minimum Gasteiger partial charge on any atom is -0.351 e. The lowest BCUT2D eigenvalue weighted by Crippen LogP contribution is -2.34. The number of hydrogen-bond acceptors (Lipinski definition) is 3. The lowest BCUT2D eigenvalue weighted by atomic mass is 10.2. The summed E-state index contributed by atoms with van der Waals surface area (Å²) in [6, 6.07) is 2.09. The van der Waals surface area contributed by atoms with Gasteiger partial charge in [0.25, 0.3) is 0 Å². The van der Waals surface area contributed by atoms with Gasteiger partial charge >= 0.3 is 0 Å². The van der Waals surface area contributed by atoms with Crippen LogP contribution in [0.3, 0.4) is 0 Å². The number of fused-ring (bicyclic) bond motifs is 1. The van der Waals surface area contributed by atoms with Gasteiger partial charge in [0, 0.05) is 26.6 Å². The summed E-state index contributed by atoms with van der Waals surface area (Å²) in [5.74, 6) is -0.0173. The van der Waals surface area contributed by atoms with Crippen molar-refractivity contribution in [2.45, 2.75) is 40.4 Å². The number of allylic oxidation sites excluding steroid dienone is 1. The molecular weight excluding hydrogens is 240 g/mol. The first kappa shape index (κ1) is 13.8. The van der Waals surface area contributed by atoms with Crippen molar-refractivity contribution in [3.05, 3.63) is 29.1 Å². The molecule has 5 nitrogen and oxygen atoms in total.